The summed E-state index contributed by atoms with van der Waals surface area (Å²) in [5, 5.41) is 0. The second-order valence-electron chi connectivity index (χ2n) is 8.29. The van der Waals surface area contributed by atoms with E-state index in [0.29, 0.717) is 23.4 Å². The Morgan fingerprint density at radius 2 is 1.74 bits per heavy atom. The number of imidazole rings is 1. The summed E-state index contributed by atoms with van der Waals surface area (Å²) < 4.78 is 2.02. The summed E-state index contributed by atoms with van der Waals surface area (Å²) in [5.74, 6) is 2.20. The molecule has 7 heteroatoms. The van der Waals surface area contributed by atoms with Gasteiger partial charge in [0.1, 0.15) is 11.3 Å². The van der Waals surface area contributed by atoms with E-state index in [1.54, 1.807) is 6.20 Å². The lowest BCUT2D eigenvalue weighted by Crippen LogP contribution is -2.02. The van der Waals surface area contributed by atoms with E-state index in [9.17, 15) is 0 Å². The normalized spacial score (nSPS) is 12.9. The molecule has 0 unspecified atom stereocenters. The third kappa shape index (κ3) is 4.49. The molecule has 0 spiro atoms. The maximum absolute atomic E-state index is 6.22. The molecule has 6 rings (SSSR count). The molecule has 4 aromatic heterocycles. The highest BCUT2D eigenvalue weighted by molar-refractivity contribution is 6.17. The molecule has 0 amide bonds. The fourth-order valence-corrected chi connectivity index (χ4v) is 4.24. The molecule has 6 nitrogen and oxygen atoms in total. The van der Waals surface area contributed by atoms with Crippen molar-refractivity contribution in [2.75, 3.05) is 5.73 Å². The molecule has 1 fully saturated rings. The third-order valence-corrected chi connectivity index (χ3v) is 6.32. The van der Waals surface area contributed by atoms with Gasteiger partial charge in [-0.3, -0.25) is 9.55 Å². The van der Waals surface area contributed by atoms with E-state index >= 15 is 0 Å². The lowest BCUT2D eigenvalue weighted by Gasteiger charge is -2.11. The highest BCUT2D eigenvalue weighted by atomic mass is 35.5. The molecular weight excluding hydrogens is 456 g/mol. The van der Waals surface area contributed by atoms with Gasteiger partial charge in [0.15, 0.2) is 11.5 Å². The van der Waals surface area contributed by atoms with Gasteiger partial charge >= 0.3 is 0 Å². The van der Waals surface area contributed by atoms with Gasteiger partial charge in [0.25, 0.3) is 0 Å². The lowest BCUT2D eigenvalue weighted by molar-refractivity contribution is 1.02. The Hall–Kier alpha value is -3.77. The summed E-state index contributed by atoms with van der Waals surface area (Å²) in [6.45, 7) is 4.00. The van der Waals surface area contributed by atoms with E-state index in [2.05, 4.69) is 22.1 Å². The number of fused-ring (bicyclic) bond motifs is 1. The SMILES string of the molecule is CC.Nc1ncccc1-c1nc2ccc(-c3ccc(C4CC4)nc3)nc2n1-c1ccc(CCl)cc1. The Balaban J connectivity index is 0.00000124. The van der Waals surface area contributed by atoms with Crippen LogP contribution in [0.2, 0.25) is 0 Å². The van der Waals surface area contributed by atoms with E-state index in [1.807, 2.05) is 73.1 Å². The summed E-state index contributed by atoms with van der Waals surface area (Å²) in [7, 11) is 0. The van der Waals surface area contributed by atoms with Crippen LogP contribution in [-0.2, 0) is 5.88 Å². The Kier molecular flexibility index (Phi) is 6.47. The molecule has 5 aromatic rings. The molecule has 0 bridgehead atoms. The molecule has 1 aromatic carbocycles. The molecule has 1 saturated carbocycles. The van der Waals surface area contributed by atoms with Crippen molar-refractivity contribution in [1.82, 2.24) is 24.5 Å². The number of hydrogen-bond donors (Lipinski definition) is 1. The zero-order valence-corrected chi connectivity index (χ0v) is 20.6. The Morgan fingerprint density at radius 3 is 2.40 bits per heavy atom. The first-order valence-corrected chi connectivity index (χ1v) is 12.5. The average Bonchev–Trinajstić information content (AvgIpc) is 3.70. The molecule has 0 radical (unpaired) electrons. The number of aromatic nitrogens is 5. The minimum absolute atomic E-state index is 0.423. The molecular formula is C28H27ClN6. The van der Waals surface area contributed by atoms with Gasteiger partial charge in [-0.15, -0.1) is 11.6 Å². The molecule has 1 aliphatic rings. The number of anilines is 1. The van der Waals surface area contributed by atoms with E-state index < -0.39 is 0 Å². The highest BCUT2D eigenvalue weighted by Crippen LogP contribution is 2.39. The summed E-state index contributed by atoms with van der Waals surface area (Å²) in [4.78, 5) is 18.8. The molecule has 0 saturated heterocycles. The van der Waals surface area contributed by atoms with Crippen LogP contribution in [0.3, 0.4) is 0 Å². The minimum atomic E-state index is 0.423. The van der Waals surface area contributed by atoms with E-state index in [1.165, 1.54) is 18.5 Å². The average molecular weight is 483 g/mol. The largest absolute Gasteiger partial charge is 0.383 e. The van der Waals surface area contributed by atoms with Crippen molar-refractivity contribution < 1.29 is 0 Å². The van der Waals surface area contributed by atoms with Gasteiger partial charge in [0.05, 0.1) is 11.3 Å². The van der Waals surface area contributed by atoms with Gasteiger partial charge in [-0.1, -0.05) is 26.0 Å². The summed E-state index contributed by atoms with van der Waals surface area (Å²) in [6, 6.07) is 20.0. The fraction of sp³-hybridized carbons (Fsp3) is 0.214. The number of rotatable bonds is 5. The first-order chi connectivity index (χ1) is 17.2. The second-order valence-corrected chi connectivity index (χ2v) is 8.56. The second kappa shape index (κ2) is 9.84. The Labute approximate surface area is 209 Å². The van der Waals surface area contributed by atoms with Crippen molar-refractivity contribution in [1.29, 1.82) is 0 Å². The number of pyridine rings is 3. The molecule has 2 N–H and O–H groups in total. The predicted molar refractivity (Wildman–Crippen MR) is 143 cm³/mol. The number of nitrogens with zero attached hydrogens (tertiary/aromatic N) is 5. The molecule has 1 aliphatic carbocycles. The first-order valence-electron chi connectivity index (χ1n) is 11.9. The van der Waals surface area contributed by atoms with Gasteiger partial charge in [-0.05, 0) is 66.9 Å². The van der Waals surface area contributed by atoms with Crippen LogP contribution in [0, 0.1) is 0 Å². The van der Waals surface area contributed by atoms with Crippen LogP contribution in [0.15, 0.2) is 73.1 Å². The van der Waals surface area contributed by atoms with Gasteiger partial charge in [-0.25, -0.2) is 15.0 Å². The van der Waals surface area contributed by atoms with Gasteiger partial charge in [0.2, 0.25) is 0 Å². The van der Waals surface area contributed by atoms with Crippen LogP contribution in [0.1, 0.15) is 43.9 Å². The quantitative estimate of drug-likeness (QED) is 0.279. The minimum Gasteiger partial charge on any atom is -0.383 e. The first kappa shape index (κ1) is 23.0. The van der Waals surface area contributed by atoms with E-state index in [-0.39, 0.29) is 0 Å². The Bertz CT molecular complexity index is 1450. The van der Waals surface area contributed by atoms with Crippen LogP contribution in [0.5, 0.6) is 0 Å². The number of nitrogens with two attached hydrogens (primary N) is 1. The molecule has 4 heterocycles. The van der Waals surface area contributed by atoms with Crippen molar-refractivity contribution in [2.24, 2.45) is 0 Å². The van der Waals surface area contributed by atoms with Crippen molar-refractivity contribution in [3.05, 3.63) is 84.3 Å². The van der Waals surface area contributed by atoms with Crippen LogP contribution < -0.4 is 5.73 Å². The van der Waals surface area contributed by atoms with Crippen LogP contribution in [0.4, 0.5) is 5.82 Å². The van der Waals surface area contributed by atoms with Crippen molar-refractivity contribution in [3.8, 4) is 28.3 Å². The van der Waals surface area contributed by atoms with Gasteiger partial charge in [-0.2, -0.15) is 0 Å². The molecule has 0 aliphatic heterocycles. The third-order valence-electron chi connectivity index (χ3n) is 6.01. The summed E-state index contributed by atoms with van der Waals surface area (Å²) >= 11 is 6.01. The van der Waals surface area contributed by atoms with Crippen molar-refractivity contribution in [3.63, 3.8) is 0 Å². The topological polar surface area (TPSA) is 82.5 Å². The maximum Gasteiger partial charge on any atom is 0.165 e. The number of benzene rings is 1. The van der Waals surface area contributed by atoms with E-state index in [4.69, 9.17) is 27.3 Å². The van der Waals surface area contributed by atoms with E-state index in [0.717, 1.165) is 39.2 Å². The molecule has 0 atom stereocenters. The predicted octanol–water partition coefficient (Wildman–Crippen LogP) is 6.77. The standard InChI is InChI=1S/C26H21ClN6.C2H6/c27-14-16-3-8-19(9-4-16)33-25(20-2-1-13-29-24(20)28)32-23-12-11-22(31-26(23)33)18-7-10-21(30-15-18)17-5-6-17;1-2/h1-4,7-13,15,17H,5-6,14H2,(H2,28,29);1-2H3. The van der Waals surface area contributed by atoms with Gasteiger partial charge < -0.3 is 5.73 Å². The van der Waals surface area contributed by atoms with Crippen molar-refractivity contribution >= 4 is 28.6 Å². The molecule has 176 valence electrons. The lowest BCUT2D eigenvalue weighted by atomic mass is 10.1. The summed E-state index contributed by atoms with van der Waals surface area (Å²) in [5.41, 5.74) is 13.5. The highest BCUT2D eigenvalue weighted by Gasteiger charge is 2.25. The smallest absolute Gasteiger partial charge is 0.165 e. The fourth-order valence-electron chi connectivity index (χ4n) is 4.06. The van der Waals surface area contributed by atoms with Crippen LogP contribution in [0.25, 0.3) is 39.5 Å². The molecule has 35 heavy (non-hydrogen) atoms. The van der Waals surface area contributed by atoms with Crippen molar-refractivity contribution in [2.45, 2.75) is 38.5 Å². The summed E-state index contributed by atoms with van der Waals surface area (Å²) in [6.07, 6.45) is 6.06. The van der Waals surface area contributed by atoms with Gasteiger partial charge in [0, 0.05) is 41.1 Å². The number of halogens is 1. The Morgan fingerprint density at radius 1 is 0.943 bits per heavy atom. The number of alkyl halides is 1. The number of nitrogen functional groups attached to an aromatic ring is 1. The zero-order chi connectivity index (χ0) is 24.4. The van der Waals surface area contributed by atoms with Crippen LogP contribution in [-0.4, -0.2) is 24.5 Å². The monoisotopic (exact) mass is 482 g/mol. The maximum atomic E-state index is 6.22. The zero-order valence-electron chi connectivity index (χ0n) is 19.8. The van der Waals surface area contributed by atoms with Crippen LogP contribution >= 0.6 is 11.6 Å². The number of hydrogen-bond acceptors (Lipinski definition) is 5.